The Labute approximate surface area is 197 Å². The molecule has 0 saturated carbocycles. The van der Waals surface area contributed by atoms with Crippen molar-refractivity contribution in [2.24, 2.45) is 0 Å². The summed E-state index contributed by atoms with van der Waals surface area (Å²) in [6.07, 6.45) is 12.4. The maximum atomic E-state index is 4.80. The third-order valence-corrected chi connectivity index (χ3v) is 5.62. The van der Waals surface area contributed by atoms with Gasteiger partial charge >= 0.3 is 33.3 Å². The maximum absolute atomic E-state index is 4.80. The molecule has 0 aromatic rings. The van der Waals surface area contributed by atoms with Crippen LogP contribution in [0.4, 0.5) is 0 Å². The summed E-state index contributed by atoms with van der Waals surface area (Å²) in [6.45, 7) is 16.4. The Hall–Kier alpha value is 0.939. The van der Waals surface area contributed by atoms with Gasteiger partial charge in [0.05, 0.1) is 0 Å². The second kappa shape index (κ2) is 23.6. The van der Waals surface area contributed by atoms with Crippen molar-refractivity contribution in [3.63, 3.8) is 0 Å². The first-order valence-corrected chi connectivity index (χ1v) is 15.1. The van der Waals surface area contributed by atoms with Crippen molar-refractivity contribution >= 4 is 20.2 Å². The summed E-state index contributed by atoms with van der Waals surface area (Å²) in [4.78, 5) is 7.81. The molecule has 1 fully saturated rings. The summed E-state index contributed by atoms with van der Waals surface area (Å²) in [5.74, 6) is 0. The van der Waals surface area contributed by atoms with Gasteiger partial charge in [0.15, 0.2) is 0 Å². The number of nitrogens with zero attached hydrogens (tertiary/aromatic N) is 4. The zero-order chi connectivity index (χ0) is 21.6. The molecule has 0 unspecified atom stereocenters. The molecular formula is C22H47Cl2MnN4-. The Bertz CT molecular complexity index is 327. The van der Waals surface area contributed by atoms with E-state index in [1.54, 1.807) is 0 Å². The van der Waals surface area contributed by atoms with Crippen molar-refractivity contribution in [1.29, 1.82) is 0 Å². The van der Waals surface area contributed by atoms with Gasteiger partial charge in [-0.2, -0.15) is 0 Å². The van der Waals surface area contributed by atoms with Crippen LogP contribution in [-0.2, 0) is 13.1 Å². The van der Waals surface area contributed by atoms with E-state index < -0.39 is 0 Å². The molecule has 0 radical (unpaired) electrons. The first kappa shape index (κ1) is 29.9. The van der Waals surface area contributed by atoms with Crippen LogP contribution in [0.3, 0.4) is 0 Å². The zero-order valence-corrected chi connectivity index (χ0v) is 22.1. The first-order valence-electron chi connectivity index (χ1n) is 11.8. The standard InChI is InChI=1S/C22H47N4.2ClH.Mn/c1-4-6-8-9-10-11-17-25(16-7-5-2)21-22-26-18-12-15-24(3)19-13-23-14-20-26;;;/h4-22H2,1-3H3;2*1H;/q-1;;;+2/p-2. The Kier molecular flexibility index (Phi) is 24.4. The van der Waals surface area contributed by atoms with Gasteiger partial charge in [-0.1, -0.05) is 52.4 Å². The zero-order valence-electron chi connectivity index (χ0n) is 19.4. The predicted octanol–water partition coefficient (Wildman–Crippen LogP) is 5.84. The molecular weight excluding hydrogens is 446 g/mol. The van der Waals surface area contributed by atoms with Crippen LogP contribution in [-0.4, -0.2) is 87.2 Å². The molecule has 0 N–H and O–H groups in total. The number of hydrogen-bond acceptors (Lipinski definition) is 3. The summed E-state index contributed by atoms with van der Waals surface area (Å²) >= 11 is 0.00694. The van der Waals surface area contributed by atoms with Crippen LogP contribution >= 0.6 is 20.2 Å². The second-order valence-electron chi connectivity index (χ2n) is 8.19. The van der Waals surface area contributed by atoms with Gasteiger partial charge < -0.3 is 20.0 Å². The van der Waals surface area contributed by atoms with Crippen molar-refractivity contribution in [2.45, 2.75) is 71.6 Å². The van der Waals surface area contributed by atoms with E-state index in [4.69, 9.17) is 25.5 Å². The fourth-order valence-electron chi connectivity index (χ4n) is 3.69. The third kappa shape index (κ3) is 20.6. The molecule has 177 valence electrons. The summed E-state index contributed by atoms with van der Waals surface area (Å²) in [5, 5.41) is 4.70. The molecule has 1 aliphatic heterocycles. The molecule has 1 heterocycles. The van der Waals surface area contributed by atoms with Gasteiger partial charge in [-0.3, -0.25) is 0 Å². The molecule has 7 heteroatoms. The van der Waals surface area contributed by atoms with Crippen molar-refractivity contribution < 1.29 is 13.1 Å². The Balaban J connectivity index is 0.00000245. The average Bonchev–Trinajstić information content (AvgIpc) is 2.71. The molecule has 0 spiro atoms. The van der Waals surface area contributed by atoms with Gasteiger partial charge in [0, 0.05) is 13.1 Å². The number of halogens is 2. The first-order chi connectivity index (χ1) is 14.2. The van der Waals surface area contributed by atoms with Crippen LogP contribution in [0.15, 0.2) is 0 Å². The molecule has 0 aromatic heterocycles. The van der Waals surface area contributed by atoms with E-state index in [9.17, 15) is 0 Å². The number of likely N-dealkylation sites (N-methyl/N-ethyl adjacent to an activating group) is 1. The molecule has 1 aliphatic rings. The summed E-state index contributed by atoms with van der Waals surface area (Å²) in [5.41, 5.74) is 0. The summed E-state index contributed by atoms with van der Waals surface area (Å²) in [6, 6.07) is 0. The van der Waals surface area contributed by atoms with Gasteiger partial charge in [-0.25, -0.2) is 0 Å². The van der Waals surface area contributed by atoms with Gasteiger partial charge in [0.1, 0.15) is 0 Å². The molecule has 4 nitrogen and oxygen atoms in total. The van der Waals surface area contributed by atoms with E-state index in [2.05, 4.69) is 35.6 Å². The molecule has 0 atom stereocenters. The van der Waals surface area contributed by atoms with Crippen LogP contribution in [0.1, 0.15) is 71.6 Å². The predicted molar refractivity (Wildman–Crippen MR) is 128 cm³/mol. The molecule has 1 saturated heterocycles. The van der Waals surface area contributed by atoms with Crippen molar-refractivity contribution in [1.82, 2.24) is 14.7 Å². The van der Waals surface area contributed by atoms with E-state index in [0.717, 1.165) is 26.2 Å². The van der Waals surface area contributed by atoms with Crippen LogP contribution in [0, 0.1) is 0 Å². The molecule has 0 bridgehead atoms. The van der Waals surface area contributed by atoms with Crippen LogP contribution in [0.25, 0.3) is 5.32 Å². The van der Waals surface area contributed by atoms with Gasteiger partial charge in [-0.15, -0.1) is 13.1 Å². The van der Waals surface area contributed by atoms with Gasteiger partial charge in [0.2, 0.25) is 0 Å². The Morgan fingerprint density at radius 1 is 0.793 bits per heavy atom. The monoisotopic (exact) mass is 492 g/mol. The average molecular weight is 493 g/mol. The van der Waals surface area contributed by atoms with Crippen molar-refractivity contribution in [3.05, 3.63) is 5.32 Å². The molecule has 0 amide bonds. The van der Waals surface area contributed by atoms with E-state index in [1.807, 2.05) is 0 Å². The van der Waals surface area contributed by atoms with Crippen LogP contribution in [0.2, 0.25) is 0 Å². The minimum absolute atomic E-state index is 0.00694. The third-order valence-electron chi connectivity index (χ3n) is 5.62. The fourth-order valence-corrected chi connectivity index (χ4v) is 3.69. The quantitative estimate of drug-likeness (QED) is 0.238. The molecule has 29 heavy (non-hydrogen) atoms. The second-order valence-corrected chi connectivity index (χ2v) is 10.1. The van der Waals surface area contributed by atoms with E-state index in [0.29, 0.717) is 0 Å². The van der Waals surface area contributed by atoms with E-state index in [-0.39, 0.29) is 13.1 Å². The number of hydrogen-bond donors (Lipinski definition) is 0. The normalized spacial score (nSPS) is 17.2. The Morgan fingerprint density at radius 2 is 1.41 bits per heavy atom. The molecule has 1 rings (SSSR count). The van der Waals surface area contributed by atoms with Crippen molar-refractivity contribution in [2.75, 3.05) is 72.5 Å². The fraction of sp³-hybridized carbons (Fsp3) is 1.00. The van der Waals surface area contributed by atoms with Crippen LogP contribution in [0.5, 0.6) is 0 Å². The SMILES string of the molecule is CCCCCCCCN(CCCC)CCN1CCCN(C)CC[N-]CC1.[Cl][Mn][Cl]. The van der Waals surface area contributed by atoms with Crippen LogP contribution < -0.4 is 0 Å². The molecule has 0 aromatic carbocycles. The van der Waals surface area contributed by atoms with Gasteiger partial charge in [0.25, 0.3) is 0 Å². The number of unbranched alkanes of at least 4 members (excludes halogenated alkanes) is 6. The molecule has 0 aliphatic carbocycles. The summed E-state index contributed by atoms with van der Waals surface area (Å²) in [7, 11) is 11.8. The summed E-state index contributed by atoms with van der Waals surface area (Å²) < 4.78 is 0. The minimum atomic E-state index is 0.00694. The van der Waals surface area contributed by atoms with E-state index >= 15 is 0 Å². The van der Waals surface area contributed by atoms with Crippen molar-refractivity contribution in [3.8, 4) is 0 Å². The topological polar surface area (TPSA) is 23.8 Å². The number of rotatable bonds is 13. The van der Waals surface area contributed by atoms with Gasteiger partial charge in [-0.05, 0) is 65.6 Å². The van der Waals surface area contributed by atoms with E-state index in [1.165, 1.54) is 97.1 Å². The Morgan fingerprint density at radius 3 is 2.14 bits per heavy atom.